The van der Waals surface area contributed by atoms with Crippen LogP contribution in [0.3, 0.4) is 0 Å². The number of rotatable bonds is 4. The van der Waals surface area contributed by atoms with E-state index in [0.717, 1.165) is 11.1 Å². The van der Waals surface area contributed by atoms with Gasteiger partial charge in [0, 0.05) is 24.4 Å². The Labute approximate surface area is 191 Å². The van der Waals surface area contributed by atoms with Crippen LogP contribution in [0.1, 0.15) is 39.4 Å². The summed E-state index contributed by atoms with van der Waals surface area (Å²) in [4.78, 5) is 35.8. The van der Waals surface area contributed by atoms with Gasteiger partial charge in [-0.25, -0.2) is 4.79 Å². The van der Waals surface area contributed by atoms with Crippen molar-refractivity contribution in [2.24, 2.45) is 0 Å². The first-order valence-electron chi connectivity index (χ1n) is 10.7. The van der Waals surface area contributed by atoms with Crippen molar-refractivity contribution in [2.75, 3.05) is 18.5 Å². The summed E-state index contributed by atoms with van der Waals surface area (Å²) in [7, 11) is 0. The maximum absolute atomic E-state index is 12.2. The molecule has 0 radical (unpaired) electrons. The smallest absolute Gasteiger partial charge is 0.407 e. The number of benzene rings is 3. The van der Waals surface area contributed by atoms with Crippen LogP contribution < -0.4 is 10.6 Å². The zero-order valence-electron chi connectivity index (χ0n) is 17.7. The third-order valence-corrected chi connectivity index (χ3v) is 5.83. The van der Waals surface area contributed by atoms with E-state index >= 15 is 0 Å². The van der Waals surface area contributed by atoms with Gasteiger partial charge in [0.2, 0.25) is 0 Å². The number of Topliss-reactive ketones (excluding diaryl/α,β-unsaturated/α-hetero) is 1. The Kier molecular flexibility index (Phi) is 5.37. The van der Waals surface area contributed by atoms with E-state index in [-0.39, 0.29) is 12.5 Å². The van der Waals surface area contributed by atoms with E-state index in [1.807, 2.05) is 24.3 Å². The molecule has 1 aliphatic heterocycles. The number of alkyl carbamates (subject to hydrolysis) is 1. The molecule has 0 saturated heterocycles. The van der Waals surface area contributed by atoms with Gasteiger partial charge in [0.15, 0.2) is 0 Å². The second kappa shape index (κ2) is 8.64. The molecule has 0 saturated carbocycles. The van der Waals surface area contributed by atoms with E-state index in [1.54, 1.807) is 18.2 Å². The average molecular weight is 436 g/mol. The fraction of sp³-hybridized carbons (Fsp3) is 0.148. The van der Waals surface area contributed by atoms with Crippen LogP contribution in [0.5, 0.6) is 0 Å². The molecule has 162 valence electrons. The van der Waals surface area contributed by atoms with Crippen molar-refractivity contribution < 1.29 is 19.1 Å². The molecule has 5 rings (SSSR count). The van der Waals surface area contributed by atoms with Crippen molar-refractivity contribution in [2.45, 2.75) is 12.3 Å². The van der Waals surface area contributed by atoms with Crippen LogP contribution in [-0.2, 0) is 9.53 Å². The molecule has 0 aromatic heterocycles. The number of ether oxygens (including phenoxy) is 1. The van der Waals surface area contributed by atoms with Gasteiger partial charge in [0.05, 0.1) is 11.3 Å². The van der Waals surface area contributed by atoms with E-state index in [1.165, 1.54) is 11.1 Å². The summed E-state index contributed by atoms with van der Waals surface area (Å²) < 4.78 is 5.50. The number of carbonyl (C=O) groups excluding carboxylic acids is 3. The predicted molar refractivity (Wildman–Crippen MR) is 124 cm³/mol. The second-order valence-corrected chi connectivity index (χ2v) is 7.82. The van der Waals surface area contributed by atoms with E-state index < -0.39 is 17.8 Å². The minimum absolute atomic E-state index is 0.0111. The number of hydrogen-bond acceptors (Lipinski definition) is 4. The number of carbonyl (C=O) groups is 3. The fourth-order valence-electron chi connectivity index (χ4n) is 4.33. The van der Waals surface area contributed by atoms with Gasteiger partial charge in [-0.2, -0.15) is 0 Å². The zero-order chi connectivity index (χ0) is 22.8. The van der Waals surface area contributed by atoms with E-state index in [4.69, 9.17) is 4.74 Å². The number of hydrogen-bond donors (Lipinski definition) is 2. The standard InChI is InChI=1S/C27H20N2O4/c30-25-24-17(9-7-14-23(24)29-26(25)31)8-5-6-15-28-27(32)33-16-22-20-12-3-1-10-18(20)19-11-2-4-13-21(19)22/h1-4,7,9-14,22H,6,15-16H2,(H,28,32)(H,29,30,31). The number of ketones is 1. The fourth-order valence-corrected chi connectivity index (χ4v) is 4.33. The van der Waals surface area contributed by atoms with Crippen molar-refractivity contribution in [3.05, 3.63) is 89.0 Å². The van der Waals surface area contributed by atoms with Crippen LogP contribution >= 0.6 is 0 Å². The highest BCUT2D eigenvalue weighted by atomic mass is 16.5. The first-order valence-corrected chi connectivity index (χ1v) is 10.7. The Hall–Kier alpha value is -4.37. The summed E-state index contributed by atoms with van der Waals surface area (Å²) >= 11 is 0. The number of nitrogens with one attached hydrogen (secondary N) is 2. The highest BCUT2D eigenvalue weighted by Crippen LogP contribution is 2.44. The van der Waals surface area contributed by atoms with Crippen LogP contribution in [0.25, 0.3) is 11.1 Å². The monoisotopic (exact) mass is 436 g/mol. The molecular weight excluding hydrogens is 416 g/mol. The molecule has 1 aliphatic carbocycles. The van der Waals surface area contributed by atoms with Crippen LogP contribution in [0.2, 0.25) is 0 Å². The summed E-state index contributed by atoms with van der Waals surface area (Å²) in [6.07, 6.45) is -0.118. The van der Waals surface area contributed by atoms with Crippen molar-refractivity contribution in [3.8, 4) is 23.0 Å². The van der Waals surface area contributed by atoms with E-state index in [0.29, 0.717) is 29.8 Å². The van der Waals surface area contributed by atoms with Gasteiger partial charge in [-0.3, -0.25) is 9.59 Å². The normalized spacial score (nSPS) is 13.3. The van der Waals surface area contributed by atoms with Crippen LogP contribution in [0, 0.1) is 11.8 Å². The third kappa shape index (κ3) is 3.85. The number of amides is 2. The molecule has 0 atom stereocenters. The molecule has 6 nitrogen and oxygen atoms in total. The quantitative estimate of drug-likeness (QED) is 0.366. The zero-order valence-corrected chi connectivity index (χ0v) is 17.7. The lowest BCUT2D eigenvalue weighted by Gasteiger charge is -2.14. The van der Waals surface area contributed by atoms with Crippen molar-refractivity contribution in [1.29, 1.82) is 0 Å². The highest BCUT2D eigenvalue weighted by Gasteiger charge is 2.30. The predicted octanol–water partition coefficient (Wildman–Crippen LogP) is 4.10. The lowest BCUT2D eigenvalue weighted by Crippen LogP contribution is -2.26. The maximum atomic E-state index is 12.2. The van der Waals surface area contributed by atoms with Gasteiger partial charge in [-0.1, -0.05) is 66.4 Å². The van der Waals surface area contributed by atoms with Gasteiger partial charge >= 0.3 is 6.09 Å². The molecule has 2 N–H and O–H groups in total. The lowest BCUT2D eigenvalue weighted by molar-refractivity contribution is -0.112. The molecule has 2 aliphatic rings. The lowest BCUT2D eigenvalue weighted by atomic mass is 9.98. The minimum Gasteiger partial charge on any atom is -0.449 e. The summed E-state index contributed by atoms with van der Waals surface area (Å²) in [5.74, 6) is 4.64. The van der Waals surface area contributed by atoms with Gasteiger partial charge in [0.1, 0.15) is 6.61 Å². The highest BCUT2D eigenvalue weighted by molar-refractivity contribution is 6.52. The van der Waals surface area contributed by atoms with Gasteiger partial charge < -0.3 is 15.4 Å². The maximum Gasteiger partial charge on any atom is 0.407 e. The Bertz CT molecular complexity index is 1300. The van der Waals surface area contributed by atoms with Gasteiger partial charge in [-0.05, 0) is 34.4 Å². The first kappa shape index (κ1) is 20.5. The SMILES string of the molecule is O=C(NCCC#Cc1cccc2c1C(=O)C(=O)N2)OCC1c2ccccc2-c2ccccc21. The molecule has 0 unspecified atom stereocenters. The van der Waals surface area contributed by atoms with E-state index in [9.17, 15) is 14.4 Å². The minimum atomic E-state index is -0.642. The van der Waals surface area contributed by atoms with E-state index in [2.05, 4.69) is 46.7 Å². The second-order valence-electron chi connectivity index (χ2n) is 7.82. The Morgan fingerprint density at radius 1 is 0.939 bits per heavy atom. The molecule has 3 aromatic carbocycles. The summed E-state index contributed by atoms with van der Waals surface area (Å²) in [5, 5.41) is 5.24. The van der Waals surface area contributed by atoms with Gasteiger partial charge in [0.25, 0.3) is 11.7 Å². The molecule has 33 heavy (non-hydrogen) atoms. The molecule has 1 heterocycles. The summed E-state index contributed by atoms with van der Waals surface area (Å²) in [6, 6.07) is 21.5. The van der Waals surface area contributed by atoms with Crippen LogP contribution in [0.4, 0.5) is 10.5 Å². The summed E-state index contributed by atoms with van der Waals surface area (Å²) in [5.41, 5.74) is 5.97. The molecule has 6 heteroatoms. The molecular formula is C27H20N2O4. The topological polar surface area (TPSA) is 84.5 Å². The number of fused-ring (bicyclic) bond motifs is 4. The van der Waals surface area contributed by atoms with Crippen LogP contribution in [-0.4, -0.2) is 30.9 Å². The molecule has 0 spiro atoms. The van der Waals surface area contributed by atoms with Crippen LogP contribution in [0.15, 0.2) is 66.7 Å². The molecule has 0 fully saturated rings. The largest absolute Gasteiger partial charge is 0.449 e. The van der Waals surface area contributed by atoms with Gasteiger partial charge in [-0.15, -0.1) is 0 Å². The number of anilines is 1. The average Bonchev–Trinajstić information content (AvgIpc) is 3.31. The molecule has 3 aromatic rings. The molecule has 0 bridgehead atoms. The van der Waals surface area contributed by atoms with Crippen molar-refractivity contribution in [3.63, 3.8) is 0 Å². The van der Waals surface area contributed by atoms with Crippen molar-refractivity contribution in [1.82, 2.24) is 5.32 Å². The Balaban J connectivity index is 1.15. The molecule has 2 amide bonds. The summed E-state index contributed by atoms with van der Waals surface area (Å²) in [6.45, 7) is 0.564. The Morgan fingerprint density at radius 3 is 2.36 bits per heavy atom. The Morgan fingerprint density at radius 2 is 1.64 bits per heavy atom. The first-order chi connectivity index (χ1) is 16.1. The van der Waals surface area contributed by atoms with Crippen molar-refractivity contribution >= 4 is 23.5 Å². The third-order valence-electron chi connectivity index (χ3n) is 5.83.